The number of ether oxygens (including phenoxy) is 2. The third-order valence-electron chi connectivity index (χ3n) is 3.58. The highest BCUT2D eigenvalue weighted by atomic mass is 16.5. The Morgan fingerprint density at radius 1 is 1.38 bits per heavy atom. The van der Waals surface area contributed by atoms with Crippen LogP contribution in [-0.4, -0.2) is 31.8 Å². The molecule has 2 aliphatic rings. The molecule has 0 radical (unpaired) electrons. The van der Waals surface area contributed by atoms with Crippen molar-refractivity contribution in [1.82, 2.24) is 0 Å². The first kappa shape index (κ1) is 11.9. The van der Waals surface area contributed by atoms with E-state index in [1.54, 1.807) is 0 Å². The van der Waals surface area contributed by atoms with E-state index in [1.807, 2.05) is 0 Å². The first-order valence-electron chi connectivity index (χ1n) is 6.12. The third-order valence-corrected chi connectivity index (χ3v) is 3.58. The maximum atomic E-state index is 11.6. The Kier molecular flexibility index (Phi) is 3.50. The smallest absolute Gasteiger partial charge is 0.328 e. The summed E-state index contributed by atoms with van der Waals surface area (Å²) in [5.41, 5.74) is 5.19. The van der Waals surface area contributed by atoms with Crippen LogP contribution >= 0.6 is 0 Å². The van der Waals surface area contributed by atoms with E-state index in [0.29, 0.717) is 13.2 Å². The zero-order valence-corrected chi connectivity index (χ0v) is 9.91. The van der Waals surface area contributed by atoms with Gasteiger partial charge in [-0.15, -0.1) is 0 Å². The van der Waals surface area contributed by atoms with Crippen LogP contribution in [0.25, 0.3) is 0 Å². The van der Waals surface area contributed by atoms with E-state index in [2.05, 4.69) is 0 Å². The molecule has 4 nitrogen and oxygen atoms in total. The molecular weight excluding hydrogens is 206 g/mol. The van der Waals surface area contributed by atoms with Gasteiger partial charge in [0.2, 0.25) is 0 Å². The molecule has 2 aliphatic carbocycles. The molecule has 2 saturated carbocycles. The highest BCUT2D eigenvalue weighted by Gasteiger charge is 2.49. The minimum Gasteiger partial charge on any atom is -0.468 e. The van der Waals surface area contributed by atoms with Crippen LogP contribution in [0.3, 0.4) is 0 Å². The summed E-state index contributed by atoms with van der Waals surface area (Å²) >= 11 is 0. The number of hydrogen-bond donors (Lipinski definition) is 1. The van der Waals surface area contributed by atoms with Crippen LogP contribution in [-0.2, 0) is 14.3 Å². The maximum Gasteiger partial charge on any atom is 0.328 e. The minimum absolute atomic E-state index is 0.251. The van der Waals surface area contributed by atoms with Crippen molar-refractivity contribution in [2.45, 2.75) is 37.6 Å². The van der Waals surface area contributed by atoms with Crippen LogP contribution < -0.4 is 5.73 Å². The lowest BCUT2D eigenvalue weighted by Crippen LogP contribution is -2.54. The predicted octanol–water partition coefficient (Wildman–Crippen LogP) is 1.08. The molecule has 1 atom stereocenters. The molecule has 0 heterocycles. The summed E-state index contributed by atoms with van der Waals surface area (Å²) in [5, 5.41) is 0. The summed E-state index contributed by atoms with van der Waals surface area (Å²) in [5.74, 6) is 0.772. The van der Waals surface area contributed by atoms with Crippen molar-refractivity contribution in [3.8, 4) is 0 Å². The van der Waals surface area contributed by atoms with Gasteiger partial charge in [0.25, 0.3) is 0 Å². The molecule has 92 valence electrons. The molecule has 0 saturated heterocycles. The Bertz CT molecular complexity index is 261. The van der Waals surface area contributed by atoms with E-state index in [4.69, 9.17) is 15.2 Å². The first-order chi connectivity index (χ1) is 7.66. The molecule has 0 spiro atoms. The second-order valence-electron chi connectivity index (χ2n) is 5.09. The number of carbonyl (C=O) groups is 1. The summed E-state index contributed by atoms with van der Waals surface area (Å²) in [6.45, 7) is 1.02. The minimum atomic E-state index is -0.904. The number of methoxy groups -OCH3 is 1. The molecule has 0 aromatic rings. The van der Waals surface area contributed by atoms with Crippen molar-refractivity contribution < 1.29 is 14.3 Å². The molecule has 0 aromatic heterocycles. The summed E-state index contributed by atoms with van der Waals surface area (Å²) in [6, 6.07) is 0. The van der Waals surface area contributed by atoms with Crippen LogP contribution in [0.4, 0.5) is 0 Å². The van der Waals surface area contributed by atoms with Gasteiger partial charge < -0.3 is 15.2 Å². The number of rotatable bonds is 7. The molecule has 0 aromatic carbocycles. The van der Waals surface area contributed by atoms with E-state index >= 15 is 0 Å². The summed E-state index contributed by atoms with van der Waals surface area (Å²) in [6.07, 6.45) is 5.78. The van der Waals surface area contributed by atoms with E-state index in [1.165, 1.54) is 20.0 Å². The molecule has 2 N–H and O–H groups in total. The second kappa shape index (κ2) is 4.72. The average molecular weight is 227 g/mol. The van der Waals surface area contributed by atoms with Crippen molar-refractivity contribution in [2.75, 3.05) is 20.3 Å². The lowest BCUT2D eigenvalue weighted by molar-refractivity contribution is -0.150. The highest BCUT2D eigenvalue weighted by molar-refractivity contribution is 5.81. The van der Waals surface area contributed by atoms with Crippen molar-refractivity contribution in [3.05, 3.63) is 0 Å². The van der Waals surface area contributed by atoms with Crippen LogP contribution in [0.1, 0.15) is 32.1 Å². The van der Waals surface area contributed by atoms with Crippen molar-refractivity contribution in [2.24, 2.45) is 17.6 Å². The normalized spacial score (nSPS) is 23.9. The van der Waals surface area contributed by atoms with Gasteiger partial charge in [0.05, 0.1) is 13.7 Å². The second-order valence-corrected chi connectivity index (χ2v) is 5.09. The third kappa shape index (κ3) is 2.74. The van der Waals surface area contributed by atoms with Crippen LogP contribution in [0, 0.1) is 11.8 Å². The van der Waals surface area contributed by atoms with Gasteiger partial charge in [-0.05, 0) is 31.1 Å². The van der Waals surface area contributed by atoms with Gasteiger partial charge in [-0.3, -0.25) is 0 Å². The van der Waals surface area contributed by atoms with Gasteiger partial charge in [-0.2, -0.15) is 0 Å². The SMILES string of the molecule is COC(=O)C(N)(COCCC1CC1)C1CC1. The lowest BCUT2D eigenvalue weighted by Gasteiger charge is -2.26. The molecule has 1 unspecified atom stereocenters. The van der Waals surface area contributed by atoms with Gasteiger partial charge in [-0.1, -0.05) is 12.8 Å². The maximum absolute atomic E-state index is 11.6. The fraction of sp³-hybridized carbons (Fsp3) is 0.917. The summed E-state index contributed by atoms with van der Waals surface area (Å²) < 4.78 is 10.3. The van der Waals surface area contributed by atoms with Gasteiger partial charge in [0.15, 0.2) is 0 Å². The van der Waals surface area contributed by atoms with Crippen LogP contribution in [0.15, 0.2) is 0 Å². The molecule has 4 heteroatoms. The van der Waals surface area contributed by atoms with Crippen LogP contribution in [0.2, 0.25) is 0 Å². The number of carbonyl (C=O) groups excluding carboxylic acids is 1. The van der Waals surface area contributed by atoms with Gasteiger partial charge in [0, 0.05) is 6.61 Å². The fourth-order valence-electron chi connectivity index (χ4n) is 2.03. The monoisotopic (exact) mass is 227 g/mol. The number of hydrogen-bond acceptors (Lipinski definition) is 4. The van der Waals surface area contributed by atoms with E-state index in [-0.39, 0.29) is 11.9 Å². The molecule has 16 heavy (non-hydrogen) atoms. The molecule has 0 amide bonds. The standard InChI is InChI=1S/C12H21NO3/c1-15-11(14)12(13,10-4-5-10)8-16-7-6-9-2-3-9/h9-10H,2-8,13H2,1H3. The fourth-order valence-corrected chi connectivity index (χ4v) is 2.03. The molecule has 0 bridgehead atoms. The zero-order valence-electron chi connectivity index (χ0n) is 9.91. The first-order valence-corrected chi connectivity index (χ1v) is 6.12. The predicted molar refractivity (Wildman–Crippen MR) is 59.8 cm³/mol. The Morgan fingerprint density at radius 3 is 2.56 bits per heavy atom. The Hall–Kier alpha value is -0.610. The summed E-state index contributed by atoms with van der Waals surface area (Å²) in [7, 11) is 1.39. The van der Waals surface area contributed by atoms with Crippen LogP contribution in [0.5, 0.6) is 0 Å². The van der Waals surface area contributed by atoms with E-state index in [0.717, 1.165) is 25.2 Å². The van der Waals surface area contributed by atoms with Gasteiger partial charge in [0.1, 0.15) is 5.54 Å². The highest BCUT2D eigenvalue weighted by Crippen LogP contribution is 2.39. The summed E-state index contributed by atoms with van der Waals surface area (Å²) in [4.78, 5) is 11.6. The Balaban J connectivity index is 1.74. The molecule has 2 rings (SSSR count). The largest absolute Gasteiger partial charge is 0.468 e. The van der Waals surface area contributed by atoms with Gasteiger partial charge in [-0.25, -0.2) is 4.79 Å². The van der Waals surface area contributed by atoms with Gasteiger partial charge >= 0.3 is 5.97 Å². The van der Waals surface area contributed by atoms with Crippen molar-refractivity contribution in [3.63, 3.8) is 0 Å². The Labute approximate surface area is 96.5 Å². The topological polar surface area (TPSA) is 61.5 Å². The molecule has 2 fully saturated rings. The number of nitrogens with two attached hydrogens (primary N) is 1. The molecular formula is C12H21NO3. The average Bonchev–Trinajstić information content (AvgIpc) is 3.15. The quantitative estimate of drug-likeness (QED) is 0.522. The lowest BCUT2D eigenvalue weighted by atomic mass is 9.96. The van der Waals surface area contributed by atoms with E-state index in [9.17, 15) is 4.79 Å². The zero-order chi connectivity index (χ0) is 11.6. The Morgan fingerprint density at radius 2 is 2.06 bits per heavy atom. The van der Waals surface area contributed by atoms with E-state index < -0.39 is 5.54 Å². The van der Waals surface area contributed by atoms with Crippen molar-refractivity contribution >= 4 is 5.97 Å². The van der Waals surface area contributed by atoms with Crippen molar-refractivity contribution in [1.29, 1.82) is 0 Å². The molecule has 0 aliphatic heterocycles. The number of esters is 1.